The molecule has 7 nitrogen and oxygen atoms in total. The van der Waals surface area contributed by atoms with Crippen LogP contribution in [-0.4, -0.2) is 26.1 Å². The zero-order valence-electron chi connectivity index (χ0n) is 17.3. The van der Waals surface area contributed by atoms with Gasteiger partial charge in [0.15, 0.2) is 5.82 Å². The summed E-state index contributed by atoms with van der Waals surface area (Å²) in [5.41, 5.74) is 2.44. The summed E-state index contributed by atoms with van der Waals surface area (Å²) in [6.45, 7) is 3.32. The van der Waals surface area contributed by atoms with E-state index in [-0.39, 0.29) is 12.5 Å². The van der Waals surface area contributed by atoms with Crippen molar-refractivity contribution in [3.8, 4) is 5.75 Å². The highest BCUT2D eigenvalue weighted by Gasteiger charge is 2.19. The van der Waals surface area contributed by atoms with Crippen LogP contribution >= 0.6 is 0 Å². The van der Waals surface area contributed by atoms with Crippen LogP contribution in [0.5, 0.6) is 5.75 Å². The molecule has 1 aromatic heterocycles. The fraction of sp³-hybridized carbons (Fsp3) is 0.167. The monoisotopic (exact) mass is 413 g/mol. The van der Waals surface area contributed by atoms with E-state index in [9.17, 15) is 4.79 Å². The Morgan fingerprint density at radius 2 is 1.71 bits per heavy atom. The first kappa shape index (κ1) is 20.3. The molecule has 1 amide bonds. The minimum atomic E-state index is -0.0982. The predicted octanol–water partition coefficient (Wildman–Crippen LogP) is 4.12. The molecule has 31 heavy (non-hydrogen) atoms. The number of nitrogens with zero attached hydrogens (tertiary/aromatic N) is 5. The van der Waals surface area contributed by atoms with Crippen LogP contribution in [0.25, 0.3) is 0 Å². The lowest BCUT2D eigenvalue weighted by Crippen LogP contribution is -2.30. The van der Waals surface area contributed by atoms with Gasteiger partial charge in [0.2, 0.25) is 0 Å². The van der Waals surface area contributed by atoms with Crippen LogP contribution in [-0.2, 0) is 19.7 Å². The number of anilines is 1. The van der Waals surface area contributed by atoms with Gasteiger partial charge in [0.1, 0.15) is 12.4 Å². The Kier molecular flexibility index (Phi) is 6.32. The highest BCUT2D eigenvalue weighted by molar-refractivity contribution is 6.06. The number of ether oxygens (including phenoxy) is 1. The molecule has 0 N–H and O–H groups in total. The van der Waals surface area contributed by atoms with Gasteiger partial charge in [-0.2, -0.15) is 0 Å². The minimum Gasteiger partial charge on any atom is -0.486 e. The normalized spacial score (nSPS) is 10.6. The van der Waals surface area contributed by atoms with Crippen LogP contribution in [0.3, 0.4) is 0 Å². The number of carbonyl (C=O) groups is 1. The molecule has 156 valence electrons. The maximum Gasteiger partial charge on any atom is 0.258 e. The maximum absolute atomic E-state index is 13.5. The van der Waals surface area contributed by atoms with Gasteiger partial charge >= 0.3 is 0 Å². The van der Waals surface area contributed by atoms with E-state index in [2.05, 4.69) is 15.5 Å². The first-order valence-electron chi connectivity index (χ1n) is 10.1. The van der Waals surface area contributed by atoms with Crippen molar-refractivity contribution in [3.63, 3.8) is 0 Å². The number of aromatic nitrogens is 4. The Hall–Kier alpha value is -4.00. The van der Waals surface area contributed by atoms with Gasteiger partial charge in [-0.15, -0.1) is 5.10 Å². The Bertz CT molecular complexity index is 1130. The molecule has 7 heteroatoms. The lowest BCUT2D eigenvalue weighted by Gasteiger charge is -2.23. The van der Waals surface area contributed by atoms with Crippen molar-refractivity contribution < 1.29 is 9.53 Å². The van der Waals surface area contributed by atoms with E-state index >= 15 is 0 Å². The smallest absolute Gasteiger partial charge is 0.258 e. The first-order chi connectivity index (χ1) is 15.2. The second kappa shape index (κ2) is 9.67. The Labute approximate surface area is 180 Å². The van der Waals surface area contributed by atoms with Crippen molar-refractivity contribution in [1.29, 1.82) is 0 Å². The first-order valence-corrected chi connectivity index (χ1v) is 10.1. The van der Waals surface area contributed by atoms with E-state index < -0.39 is 0 Å². The van der Waals surface area contributed by atoms with Gasteiger partial charge in [0.25, 0.3) is 5.91 Å². The van der Waals surface area contributed by atoms with Gasteiger partial charge < -0.3 is 9.64 Å². The summed E-state index contributed by atoms with van der Waals surface area (Å²) in [5, 5.41) is 11.6. The molecule has 0 saturated heterocycles. The molecule has 4 aromatic rings. The van der Waals surface area contributed by atoms with Gasteiger partial charge in [-0.3, -0.25) is 4.79 Å². The predicted molar refractivity (Wildman–Crippen MR) is 118 cm³/mol. The summed E-state index contributed by atoms with van der Waals surface area (Å²) in [6.07, 6.45) is 0. The molecule has 0 bridgehead atoms. The molecule has 1 heterocycles. The highest BCUT2D eigenvalue weighted by Crippen LogP contribution is 2.22. The standard InChI is InChI=1S/C24H23N5O2/c1-2-29-23(25-26-27-29)18-31-22-15-9-12-20(16-22)24(30)28(21-13-7-4-8-14-21)17-19-10-5-3-6-11-19/h3-16H,2,17-18H2,1H3. The van der Waals surface area contributed by atoms with E-state index in [4.69, 9.17) is 4.74 Å². The summed E-state index contributed by atoms with van der Waals surface area (Å²) in [6, 6.07) is 26.8. The number of tetrazole rings is 1. The number of para-hydroxylation sites is 1. The molecule has 0 saturated carbocycles. The van der Waals surface area contributed by atoms with Gasteiger partial charge in [0.05, 0.1) is 6.54 Å². The van der Waals surface area contributed by atoms with Gasteiger partial charge in [-0.05, 0) is 53.2 Å². The average Bonchev–Trinajstić information content (AvgIpc) is 3.30. The van der Waals surface area contributed by atoms with Crippen LogP contribution in [0.15, 0.2) is 84.9 Å². The molecule has 3 aromatic carbocycles. The van der Waals surface area contributed by atoms with Crippen molar-refractivity contribution in [2.45, 2.75) is 26.6 Å². The number of aryl methyl sites for hydroxylation is 1. The molecular formula is C24H23N5O2. The number of amides is 1. The van der Waals surface area contributed by atoms with E-state index in [0.717, 1.165) is 11.3 Å². The fourth-order valence-corrected chi connectivity index (χ4v) is 3.25. The number of benzene rings is 3. The van der Waals surface area contributed by atoms with Crippen molar-refractivity contribution in [2.24, 2.45) is 0 Å². The number of hydrogen-bond donors (Lipinski definition) is 0. The lowest BCUT2D eigenvalue weighted by molar-refractivity contribution is 0.0984. The molecular weight excluding hydrogens is 390 g/mol. The summed E-state index contributed by atoms with van der Waals surface area (Å²) in [5.74, 6) is 1.12. The SMILES string of the molecule is CCn1nnnc1COc1cccc(C(=O)N(Cc2ccccc2)c2ccccc2)c1. The second-order valence-corrected chi connectivity index (χ2v) is 6.94. The Morgan fingerprint density at radius 1 is 0.968 bits per heavy atom. The molecule has 0 radical (unpaired) electrons. The Morgan fingerprint density at radius 3 is 2.45 bits per heavy atom. The van der Waals surface area contributed by atoms with Crippen LogP contribution in [0.4, 0.5) is 5.69 Å². The Balaban J connectivity index is 1.56. The average molecular weight is 413 g/mol. The zero-order chi connectivity index (χ0) is 21.5. The summed E-state index contributed by atoms with van der Waals surface area (Å²) >= 11 is 0. The van der Waals surface area contributed by atoms with Crippen molar-refractivity contribution in [2.75, 3.05) is 4.90 Å². The number of rotatable bonds is 8. The molecule has 0 unspecified atom stereocenters. The van der Waals surface area contributed by atoms with E-state index in [1.807, 2.05) is 79.7 Å². The van der Waals surface area contributed by atoms with Gasteiger partial charge in [-0.1, -0.05) is 54.6 Å². The molecule has 0 aliphatic rings. The number of carbonyl (C=O) groups excluding carboxylic acids is 1. The highest BCUT2D eigenvalue weighted by atomic mass is 16.5. The lowest BCUT2D eigenvalue weighted by atomic mass is 10.1. The third-order valence-corrected chi connectivity index (χ3v) is 4.85. The largest absolute Gasteiger partial charge is 0.486 e. The van der Waals surface area contributed by atoms with Crippen molar-refractivity contribution in [3.05, 3.63) is 102 Å². The van der Waals surface area contributed by atoms with Crippen molar-refractivity contribution in [1.82, 2.24) is 20.2 Å². The van der Waals surface area contributed by atoms with E-state index in [0.29, 0.717) is 30.2 Å². The summed E-state index contributed by atoms with van der Waals surface area (Å²) in [4.78, 5) is 15.2. The van der Waals surface area contributed by atoms with Crippen molar-refractivity contribution >= 4 is 11.6 Å². The van der Waals surface area contributed by atoms with Crippen LogP contribution in [0.1, 0.15) is 28.7 Å². The molecule has 0 fully saturated rings. The topological polar surface area (TPSA) is 73.1 Å². The quantitative estimate of drug-likeness (QED) is 0.434. The number of hydrogen-bond acceptors (Lipinski definition) is 5. The molecule has 0 aliphatic heterocycles. The third kappa shape index (κ3) is 4.95. The molecule has 0 atom stereocenters. The zero-order valence-corrected chi connectivity index (χ0v) is 17.3. The van der Waals surface area contributed by atoms with E-state index in [1.54, 1.807) is 21.7 Å². The van der Waals surface area contributed by atoms with Gasteiger partial charge in [-0.25, -0.2) is 4.68 Å². The second-order valence-electron chi connectivity index (χ2n) is 6.94. The van der Waals surface area contributed by atoms with Gasteiger partial charge in [0, 0.05) is 17.8 Å². The summed E-state index contributed by atoms with van der Waals surface area (Å²) in [7, 11) is 0. The van der Waals surface area contributed by atoms with Crippen LogP contribution in [0.2, 0.25) is 0 Å². The van der Waals surface area contributed by atoms with E-state index in [1.165, 1.54) is 0 Å². The summed E-state index contributed by atoms with van der Waals surface area (Å²) < 4.78 is 7.53. The van der Waals surface area contributed by atoms with Crippen LogP contribution < -0.4 is 9.64 Å². The molecule has 0 spiro atoms. The molecule has 0 aliphatic carbocycles. The maximum atomic E-state index is 13.5. The van der Waals surface area contributed by atoms with Crippen LogP contribution in [0, 0.1) is 0 Å². The third-order valence-electron chi connectivity index (χ3n) is 4.85. The molecule has 4 rings (SSSR count). The minimum absolute atomic E-state index is 0.0982. The fourth-order valence-electron chi connectivity index (χ4n) is 3.25.